The number of hydrogen-bond acceptors (Lipinski definition) is 3. The lowest BCUT2D eigenvalue weighted by Crippen LogP contribution is -2.12. The van der Waals surface area contributed by atoms with E-state index in [-0.39, 0.29) is 19.4 Å². The van der Waals surface area contributed by atoms with E-state index in [1.54, 1.807) is 0 Å². The molecule has 1 aromatic carbocycles. The SMILES string of the molecule is O=S(=O)(Nc1c(Cl)cc(F)cc1Br)c1cc(Cl)c(Br)s1. The highest BCUT2D eigenvalue weighted by atomic mass is 79.9. The highest BCUT2D eigenvalue weighted by molar-refractivity contribution is 9.11. The standard InChI is InChI=1S/C10H4Br2Cl2FNO2S2/c11-5-1-4(15)2-6(13)9(5)16-20(17,18)8-3-7(14)10(12)19-8/h1-3,16H. The molecule has 1 aromatic heterocycles. The minimum atomic E-state index is -3.86. The molecule has 108 valence electrons. The second-order valence-corrected chi connectivity index (χ2v) is 9.49. The number of nitrogens with one attached hydrogen (secondary N) is 1. The fraction of sp³-hybridized carbons (Fsp3) is 0. The third-order valence-corrected chi connectivity index (χ3v) is 7.35. The lowest BCUT2D eigenvalue weighted by atomic mass is 10.3. The molecule has 0 aliphatic carbocycles. The number of sulfonamides is 1. The summed E-state index contributed by atoms with van der Waals surface area (Å²) in [6.45, 7) is 0. The van der Waals surface area contributed by atoms with Crippen molar-refractivity contribution in [3.8, 4) is 0 Å². The van der Waals surface area contributed by atoms with Gasteiger partial charge in [0.05, 0.1) is 19.5 Å². The van der Waals surface area contributed by atoms with Gasteiger partial charge in [0.1, 0.15) is 10.0 Å². The number of halogens is 5. The van der Waals surface area contributed by atoms with E-state index in [0.717, 1.165) is 23.5 Å². The molecule has 0 aliphatic heterocycles. The van der Waals surface area contributed by atoms with Crippen molar-refractivity contribution in [1.29, 1.82) is 0 Å². The Morgan fingerprint density at radius 3 is 2.30 bits per heavy atom. The maximum absolute atomic E-state index is 13.1. The number of benzene rings is 1. The lowest BCUT2D eigenvalue weighted by Gasteiger charge is -2.10. The molecule has 2 rings (SSSR count). The van der Waals surface area contributed by atoms with Gasteiger partial charge in [0.2, 0.25) is 0 Å². The Balaban J connectivity index is 2.43. The van der Waals surface area contributed by atoms with Crippen molar-refractivity contribution >= 4 is 82.1 Å². The zero-order valence-electron chi connectivity index (χ0n) is 9.25. The van der Waals surface area contributed by atoms with Gasteiger partial charge in [0.15, 0.2) is 0 Å². The average Bonchev–Trinajstić information content (AvgIpc) is 2.65. The average molecular weight is 484 g/mol. The summed E-state index contributed by atoms with van der Waals surface area (Å²) in [6.07, 6.45) is 0. The van der Waals surface area contributed by atoms with E-state index in [4.69, 9.17) is 23.2 Å². The molecule has 10 heteroatoms. The van der Waals surface area contributed by atoms with Gasteiger partial charge in [-0.25, -0.2) is 12.8 Å². The Morgan fingerprint density at radius 2 is 1.80 bits per heavy atom. The number of rotatable bonds is 3. The molecular formula is C10H4Br2Cl2FNO2S2. The molecule has 3 nitrogen and oxygen atoms in total. The van der Waals surface area contributed by atoms with Crippen LogP contribution in [0.4, 0.5) is 10.1 Å². The Labute approximate surface area is 145 Å². The van der Waals surface area contributed by atoms with Gasteiger partial charge in [-0.05, 0) is 50.1 Å². The van der Waals surface area contributed by atoms with Crippen molar-refractivity contribution in [2.75, 3.05) is 4.72 Å². The van der Waals surface area contributed by atoms with Crippen LogP contribution in [0.15, 0.2) is 30.7 Å². The zero-order valence-corrected chi connectivity index (χ0v) is 15.6. The van der Waals surface area contributed by atoms with Gasteiger partial charge in [-0.3, -0.25) is 4.72 Å². The topological polar surface area (TPSA) is 46.2 Å². The fourth-order valence-electron chi connectivity index (χ4n) is 1.28. The molecule has 0 bridgehead atoms. The molecule has 0 aliphatic rings. The van der Waals surface area contributed by atoms with E-state index < -0.39 is 15.8 Å². The summed E-state index contributed by atoms with van der Waals surface area (Å²) in [5.41, 5.74) is 0.0636. The molecule has 1 heterocycles. The molecule has 1 N–H and O–H groups in total. The summed E-state index contributed by atoms with van der Waals surface area (Å²) in [7, 11) is -3.86. The summed E-state index contributed by atoms with van der Waals surface area (Å²) < 4.78 is 40.5. The maximum Gasteiger partial charge on any atom is 0.271 e. The van der Waals surface area contributed by atoms with E-state index in [0.29, 0.717) is 8.81 Å². The highest BCUT2D eigenvalue weighted by Crippen LogP contribution is 2.37. The van der Waals surface area contributed by atoms with Gasteiger partial charge < -0.3 is 0 Å². The summed E-state index contributed by atoms with van der Waals surface area (Å²) in [4.78, 5) is 0. The van der Waals surface area contributed by atoms with E-state index in [9.17, 15) is 12.8 Å². The molecule has 0 radical (unpaired) electrons. The van der Waals surface area contributed by atoms with Crippen molar-refractivity contribution in [2.45, 2.75) is 4.21 Å². The normalized spacial score (nSPS) is 11.7. The van der Waals surface area contributed by atoms with Crippen molar-refractivity contribution in [2.24, 2.45) is 0 Å². The zero-order chi connectivity index (χ0) is 15.1. The predicted molar refractivity (Wildman–Crippen MR) is 86.9 cm³/mol. The fourth-order valence-corrected chi connectivity index (χ4v) is 5.87. The molecule has 0 atom stereocenters. The smallest absolute Gasteiger partial charge is 0.271 e. The molecule has 2 aromatic rings. The highest BCUT2D eigenvalue weighted by Gasteiger charge is 2.21. The Morgan fingerprint density at radius 1 is 1.15 bits per heavy atom. The quantitative estimate of drug-likeness (QED) is 0.624. The van der Waals surface area contributed by atoms with Gasteiger partial charge in [0.25, 0.3) is 10.0 Å². The Kier molecular flexibility index (Phi) is 5.03. The minimum Gasteiger partial charge on any atom is -0.276 e. The van der Waals surface area contributed by atoms with Crippen LogP contribution in [0.2, 0.25) is 10.0 Å². The molecule has 0 saturated heterocycles. The molecule has 20 heavy (non-hydrogen) atoms. The second-order valence-electron chi connectivity index (χ2n) is 3.54. The van der Waals surface area contributed by atoms with Crippen LogP contribution in [0.25, 0.3) is 0 Å². The summed E-state index contributed by atoms with van der Waals surface area (Å²) in [6, 6.07) is 3.44. The third kappa shape index (κ3) is 3.48. The largest absolute Gasteiger partial charge is 0.276 e. The summed E-state index contributed by atoms with van der Waals surface area (Å²) in [5.74, 6) is -0.577. The van der Waals surface area contributed by atoms with Crippen molar-refractivity contribution < 1.29 is 12.8 Å². The van der Waals surface area contributed by atoms with E-state index >= 15 is 0 Å². The van der Waals surface area contributed by atoms with Gasteiger partial charge in [0, 0.05) is 4.47 Å². The lowest BCUT2D eigenvalue weighted by molar-refractivity contribution is 0.603. The minimum absolute atomic E-state index is 0.0154. The van der Waals surface area contributed by atoms with Crippen molar-refractivity contribution in [1.82, 2.24) is 0 Å². The van der Waals surface area contributed by atoms with Crippen molar-refractivity contribution in [3.05, 3.63) is 42.3 Å². The second kappa shape index (κ2) is 6.10. The van der Waals surface area contributed by atoms with E-state index in [2.05, 4.69) is 36.6 Å². The maximum atomic E-state index is 13.1. The van der Waals surface area contributed by atoms with Gasteiger partial charge in [-0.1, -0.05) is 23.2 Å². The molecule has 0 fully saturated rings. The first-order valence-corrected chi connectivity index (χ1v) is 9.47. The molecule has 0 amide bonds. The number of hydrogen-bond donors (Lipinski definition) is 1. The van der Waals surface area contributed by atoms with Crippen LogP contribution in [0, 0.1) is 5.82 Å². The van der Waals surface area contributed by atoms with E-state index in [1.807, 2.05) is 0 Å². The van der Waals surface area contributed by atoms with Crippen LogP contribution in [0.5, 0.6) is 0 Å². The number of thiophene rings is 1. The third-order valence-electron chi connectivity index (χ3n) is 2.13. The number of anilines is 1. The van der Waals surface area contributed by atoms with E-state index in [1.165, 1.54) is 6.07 Å². The first kappa shape index (κ1) is 16.5. The Hall–Kier alpha value is 0.140. The van der Waals surface area contributed by atoms with Gasteiger partial charge >= 0.3 is 0 Å². The van der Waals surface area contributed by atoms with Crippen LogP contribution in [0.3, 0.4) is 0 Å². The van der Waals surface area contributed by atoms with Crippen molar-refractivity contribution in [3.63, 3.8) is 0 Å². The molecule has 0 unspecified atom stereocenters. The first-order chi connectivity index (χ1) is 9.20. The molecular weight excluding hydrogens is 480 g/mol. The van der Waals surface area contributed by atoms with Gasteiger partial charge in [-0.2, -0.15) is 0 Å². The molecule has 0 saturated carbocycles. The summed E-state index contributed by atoms with van der Waals surface area (Å²) in [5, 5.41) is 0.238. The van der Waals surface area contributed by atoms with Crippen LogP contribution < -0.4 is 4.72 Å². The monoisotopic (exact) mass is 481 g/mol. The summed E-state index contributed by atoms with van der Waals surface area (Å²) >= 11 is 18.8. The van der Waals surface area contributed by atoms with Crippen LogP contribution in [0.1, 0.15) is 0 Å². The van der Waals surface area contributed by atoms with Gasteiger partial charge in [-0.15, -0.1) is 11.3 Å². The predicted octanol–water partition coefficient (Wildman–Crippen LogP) is 5.52. The Bertz CT molecular complexity index is 737. The van der Waals surface area contributed by atoms with Crippen LogP contribution in [-0.2, 0) is 10.0 Å². The van der Waals surface area contributed by atoms with Crippen LogP contribution in [-0.4, -0.2) is 8.42 Å². The molecule has 0 spiro atoms. The first-order valence-electron chi connectivity index (χ1n) is 4.83. The van der Waals surface area contributed by atoms with Crippen LogP contribution >= 0.6 is 66.4 Å².